The fourth-order valence-corrected chi connectivity index (χ4v) is 2.23. The predicted molar refractivity (Wildman–Crippen MR) is 77.8 cm³/mol. The third-order valence-electron chi connectivity index (χ3n) is 3.43. The summed E-state index contributed by atoms with van der Waals surface area (Å²) >= 11 is 1.77. The fraction of sp³-hybridized carbons (Fsp3) is 0.917. The molecule has 0 radical (unpaired) electrons. The Hall–Kier alpha value is 0.0700. The van der Waals surface area contributed by atoms with Crippen LogP contribution in [0.4, 0.5) is 0 Å². The van der Waals surface area contributed by atoms with Gasteiger partial charge in [0.05, 0.1) is 0 Å². The molecule has 0 aromatic rings. The first kappa shape index (κ1) is 17.1. The molecule has 1 rings (SSSR count). The number of hydrogen-bond acceptors (Lipinski definition) is 3. The van der Waals surface area contributed by atoms with Gasteiger partial charge < -0.3 is 11.1 Å². The standard InChI is InChI=1S/C12H24N2OS.ClH/c1-12(2,16-3)8-14-11(15)7-9-5-4-6-10(9)13;/h9-10H,4-8,13H2,1-3H3,(H,14,15);1H/t9-,10+;/m0./s1. The SMILES string of the molecule is CSC(C)(C)CNC(=O)C[C@@H]1CCC[C@H]1N.Cl. The number of carbonyl (C=O) groups is 1. The molecule has 0 aromatic carbocycles. The summed E-state index contributed by atoms with van der Waals surface area (Å²) in [7, 11) is 0. The summed E-state index contributed by atoms with van der Waals surface area (Å²) < 4.78 is 0.119. The van der Waals surface area contributed by atoms with Crippen LogP contribution < -0.4 is 11.1 Å². The molecule has 0 bridgehead atoms. The molecule has 1 fully saturated rings. The molecule has 1 aliphatic rings. The van der Waals surface area contributed by atoms with Crippen molar-refractivity contribution in [2.75, 3.05) is 12.8 Å². The molecular weight excluding hydrogens is 256 g/mol. The lowest BCUT2D eigenvalue weighted by atomic mass is 10.00. The first-order chi connectivity index (χ1) is 7.44. The summed E-state index contributed by atoms with van der Waals surface area (Å²) in [4.78, 5) is 11.7. The Bertz CT molecular complexity index is 249. The van der Waals surface area contributed by atoms with Crippen LogP contribution in [0.2, 0.25) is 0 Å². The van der Waals surface area contributed by atoms with Crippen molar-refractivity contribution in [3.8, 4) is 0 Å². The van der Waals surface area contributed by atoms with Gasteiger partial charge in [-0.15, -0.1) is 12.4 Å². The van der Waals surface area contributed by atoms with Crippen molar-refractivity contribution >= 4 is 30.1 Å². The van der Waals surface area contributed by atoms with Crippen molar-refractivity contribution in [1.29, 1.82) is 0 Å². The second-order valence-corrected chi connectivity index (χ2v) is 6.81. The molecule has 5 heteroatoms. The van der Waals surface area contributed by atoms with Crippen molar-refractivity contribution in [1.82, 2.24) is 5.32 Å². The second kappa shape index (κ2) is 7.49. The van der Waals surface area contributed by atoms with E-state index in [4.69, 9.17) is 5.73 Å². The maximum absolute atomic E-state index is 11.7. The topological polar surface area (TPSA) is 55.1 Å². The molecule has 0 unspecified atom stereocenters. The summed E-state index contributed by atoms with van der Waals surface area (Å²) in [5.74, 6) is 0.557. The summed E-state index contributed by atoms with van der Waals surface area (Å²) in [6, 6.07) is 0.235. The number of carbonyl (C=O) groups excluding carboxylic acids is 1. The first-order valence-electron chi connectivity index (χ1n) is 6.02. The van der Waals surface area contributed by atoms with E-state index in [1.165, 1.54) is 6.42 Å². The minimum absolute atomic E-state index is 0. The third-order valence-corrected chi connectivity index (χ3v) is 4.68. The molecule has 0 aromatic heterocycles. The Morgan fingerprint density at radius 2 is 2.12 bits per heavy atom. The van der Waals surface area contributed by atoms with E-state index in [1.807, 2.05) is 0 Å². The molecule has 1 saturated carbocycles. The highest BCUT2D eigenvalue weighted by Gasteiger charge is 2.26. The minimum atomic E-state index is 0. The fourth-order valence-electron chi connectivity index (χ4n) is 2.01. The zero-order valence-electron chi connectivity index (χ0n) is 11.0. The highest BCUT2D eigenvalue weighted by atomic mass is 35.5. The summed E-state index contributed by atoms with van der Waals surface area (Å²) in [5.41, 5.74) is 5.95. The first-order valence-corrected chi connectivity index (χ1v) is 7.24. The van der Waals surface area contributed by atoms with Crippen LogP contribution in [0.25, 0.3) is 0 Å². The predicted octanol–water partition coefficient (Wildman–Crippen LogP) is 2.18. The van der Waals surface area contributed by atoms with Gasteiger partial charge in [0.15, 0.2) is 0 Å². The van der Waals surface area contributed by atoms with Gasteiger partial charge in [-0.3, -0.25) is 4.79 Å². The average Bonchev–Trinajstić information content (AvgIpc) is 2.62. The minimum Gasteiger partial charge on any atom is -0.355 e. The van der Waals surface area contributed by atoms with Crippen molar-refractivity contribution in [2.45, 2.75) is 50.3 Å². The van der Waals surface area contributed by atoms with Gasteiger partial charge in [-0.1, -0.05) is 6.42 Å². The Morgan fingerprint density at radius 1 is 1.47 bits per heavy atom. The van der Waals surface area contributed by atoms with Gasteiger partial charge in [-0.05, 0) is 38.9 Å². The monoisotopic (exact) mass is 280 g/mol. The zero-order chi connectivity index (χ0) is 12.2. The van der Waals surface area contributed by atoms with E-state index >= 15 is 0 Å². The highest BCUT2D eigenvalue weighted by Crippen LogP contribution is 2.26. The van der Waals surface area contributed by atoms with Crippen molar-refractivity contribution < 1.29 is 4.79 Å². The third kappa shape index (κ3) is 5.98. The largest absolute Gasteiger partial charge is 0.355 e. The van der Waals surface area contributed by atoms with Gasteiger partial charge in [-0.2, -0.15) is 11.8 Å². The Kier molecular flexibility index (Phi) is 7.52. The van der Waals surface area contributed by atoms with Crippen LogP contribution >= 0.6 is 24.2 Å². The lowest BCUT2D eigenvalue weighted by Crippen LogP contribution is -2.38. The van der Waals surface area contributed by atoms with E-state index in [-0.39, 0.29) is 29.1 Å². The van der Waals surface area contributed by atoms with E-state index in [9.17, 15) is 4.79 Å². The number of hydrogen-bond donors (Lipinski definition) is 2. The zero-order valence-corrected chi connectivity index (χ0v) is 12.6. The molecule has 0 aliphatic heterocycles. The van der Waals surface area contributed by atoms with Gasteiger partial charge in [0.2, 0.25) is 5.91 Å². The van der Waals surface area contributed by atoms with E-state index in [0.717, 1.165) is 19.4 Å². The maximum Gasteiger partial charge on any atom is 0.220 e. The molecule has 0 heterocycles. The molecule has 3 N–H and O–H groups in total. The van der Waals surface area contributed by atoms with Crippen LogP contribution in [0.15, 0.2) is 0 Å². The number of amides is 1. The number of rotatable bonds is 5. The van der Waals surface area contributed by atoms with Crippen LogP contribution in [0.3, 0.4) is 0 Å². The Labute approximate surface area is 115 Å². The van der Waals surface area contributed by atoms with Gasteiger partial charge in [0.25, 0.3) is 0 Å². The van der Waals surface area contributed by atoms with Gasteiger partial charge in [0, 0.05) is 23.8 Å². The lowest BCUT2D eigenvalue weighted by molar-refractivity contribution is -0.122. The molecule has 1 aliphatic carbocycles. The van der Waals surface area contributed by atoms with Crippen molar-refractivity contribution in [2.24, 2.45) is 11.7 Å². The van der Waals surface area contributed by atoms with Gasteiger partial charge >= 0.3 is 0 Å². The van der Waals surface area contributed by atoms with Crippen LogP contribution in [-0.4, -0.2) is 29.5 Å². The van der Waals surface area contributed by atoms with E-state index in [1.54, 1.807) is 11.8 Å². The lowest BCUT2D eigenvalue weighted by Gasteiger charge is -2.23. The summed E-state index contributed by atoms with van der Waals surface area (Å²) in [5, 5.41) is 3.01. The summed E-state index contributed by atoms with van der Waals surface area (Å²) in [6.45, 7) is 5.01. The molecule has 1 amide bonds. The average molecular weight is 281 g/mol. The number of halogens is 1. The van der Waals surface area contributed by atoms with Crippen LogP contribution in [0, 0.1) is 5.92 Å². The number of nitrogens with two attached hydrogens (primary N) is 1. The molecule has 2 atom stereocenters. The number of nitrogens with one attached hydrogen (secondary N) is 1. The normalized spacial score (nSPS) is 24.2. The molecular formula is C12H25ClN2OS. The molecule has 102 valence electrons. The van der Waals surface area contributed by atoms with Crippen LogP contribution in [0.1, 0.15) is 39.5 Å². The maximum atomic E-state index is 11.7. The van der Waals surface area contributed by atoms with Crippen molar-refractivity contribution in [3.05, 3.63) is 0 Å². The molecule has 17 heavy (non-hydrogen) atoms. The van der Waals surface area contributed by atoms with Crippen LogP contribution in [0.5, 0.6) is 0 Å². The number of thioether (sulfide) groups is 1. The van der Waals surface area contributed by atoms with Gasteiger partial charge in [0.1, 0.15) is 0 Å². The molecule has 3 nitrogen and oxygen atoms in total. The quantitative estimate of drug-likeness (QED) is 0.812. The van der Waals surface area contributed by atoms with Crippen molar-refractivity contribution in [3.63, 3.8) is 0 Å². The van der Waals surface area contributed by atoms with E-state index < -0.39 is 0 Å². The highest BCUT2D eigenvalue weighted by molar-refractivity contribution is 7.99. The van der Waals surface area contributed by atoms with Gasteiger partial charge in [-0.25, -0.2) is 0 Å². The second-order valence-electron chi connectivity index (χ2n) is 5.30. The van der Waals surface area contributed by atoms with E-state index in [2.05, 4.69) is 25.4 Å². The molecule has 0 spiro atoms. The van der Waals surface area contributed by atoms with Crippen LogP contribution in [-0.2, 0) is 4.79 Å². The summed E-state index contributed by atoms with van der Waals surface area (Å²) in [6.07, 6.45) is 6.04. The van der Waals surface area contributed by atoms with E-state index in [0.29, 0.717) is 12.3 Å². The smallest absolute Gasteiger partial charge is 0.220 e. The molecule has 0 saturated heterocycles. The Morgan fingerprint density at radius 3 is 2.59 bits per heavy atom. The Balaban J connectivity index is 0.00000256.